The summed E-state index contributed by atoms with van der Waals surface area (Å²) in [5, 5.41) is 0. The standard InChI is InChI=1S/C13H28N4/c1-11(2)9-15-13(14)17-7-5-12(6-8-17)10-16(3)4/h11-12H,5-10H2,1-4H3,(H2,14,15). The topological polar surface area (TPSA) is 44.9 Å². The van der Waals surface area contributed by atoms with Crippen LogP contribution in [0.15, 0.2) is 4.99 Å². The first-order valence-corrected chi connectivity index (χ1v) is 6.68. The van der Waals surface area contributed by atoms with Crippen molar-refractivity contribution < 1.29 is 0 Å². The predicted octanol–water partition coefficient (Wildman–Crippen LogP) is 1.23. The molecule has 1 fully saturated rings. The SMILES string of the molecule is CC(C)CN=C(N)N1CCC(CN(C)C)CC1. The van der Waals surface area contributed by atoms with Gasteiger partial charge in [-0.15, -0.1) is 0 Å². The molecule has 1 rings (SSSR count). The van der Waals surface area contributed by atoms with E-state index in [2.05, 4.69) is 42.7 Å². The van der Waals surface area contributed by atoms with Crippen molar-refractivity contribution in [3.63, 3.8) is 0 Å². The fraction of sp³-hybridized carbons (Fsp3) is 0.923. The number of nitrogens with zero attached hydrogens (tertiary/aromatic N) is 3. The van der Waals surface area contributed by atoms with Gasteiger partial charge in [0.25, 0.3) is 0 Å². The lowest BCUT2D eigenvalue weighted by atomic mass is 9.97. The van der Waals surface area contributed by atoms with Gasteiger partial charge in [-0.25, -0.2) is 0 Å². The lowest BCUT2D eigenvalue weighted by Gasteiger charge is -2.33. The molecule has 100 valence electrons. The average molecular weight is 240 g/mol. The summed E-state index contributed by atoms with van der Waals surface area (Å²) in [5.74, 6) is 2.14. The van der Waals surface area contributed by atoms with Crippen LogP contribution in [-0.2, 0) is 0 Å². The largest absolute Gasteiger partial charge is 0.370 e. The lowest BCUT2D eigenvalue weighted by molar-refractivity contribution is 0.217. The molecular weight excluding hydrogens is 212 g/mol. The molecule has 0 radical (unpaired) electrons. The third-order valence-corrected chi connectivity index (χ3v) is 3.18. The molecule has 4 heteroatoms. The maximum Gasteiger partial charge on any atom is 0.191 e. The molecule has 0 spiro atoms. The Kier molecular flexibility index (Phi) is 5.75. The summed E-state index contributed by atoms with van der Waals surface area (Å²) in [7, 11) is 4.29. The van der Waals surface area contributed by atoms with Crippen LogP contribution in [0.1, 0.15) is 26.7 Å². The highest BCUT2D eigenvalue weighted by atomic mass is 15.3. The van der Waals surface area contributed by atoms with Crippen LogP contribution in [-0.4, -0.2) is 56.0 Å². The monoisotopic (exact) mass is 240 g/mol. The smallest absolute Gasteiger partial charge is 0.191 e. The van der Waals surface area contributed by atoms with Gasteiger partial charge in [-0.05, 0) is 38.8 Å². The van der Waals surface area contributed by atoms with E-state index < -0.39 is 0 Å². The van der Waals surface area contributed by atoms with Gasteiger partial charge in [-0.2, -0.15) is 0 Å². The van der Waals surface area contributed by atoms with Crippen molar-refractivity contribution in [3.05, 3.63) is 0 Å². The van der Waals surface area contributed by atoms with Crippen LogP contribution in [0.5, 0.6) is 0 Å². The summed E-state index contributed by atoms with van der Waals surface area (Å²) >= 11 is 0. The maximum absolute atomic E-state index is 6.01. The molecular formula is C13H28N4. The van der Waals surface area contributed by atoms with Crippen molar-refractivity contribution >= 4 is 5.96 Å². The maximum atomic E-state index is 6.01. The van der Waals surface area contributed by atoms with Gasteiger partial charge in [0.2, 0.25) is 0 Å². The Hall–Kier alpha value is -0.770. The first-order valence-electron chi connectivity index (χ1n) is 6.68. The second kappa shape index (κ2) is 6.84. The minimum absolute atomic E-state index is 0.583. The first-order chi connectivity index (χ1) is 7.99. The normalized spacial score (nSPS) is 19.4. The van der Waals surface area contributed by atoms with Crippen molar-refractivity contribution in [3.8, 4) is 0 Å². The van der Waals surface area contributed by atoms with Gasteiger partial charge >= 0.3 is 0 Å². The van der Waals surface area contributed by atoms with Crippen molar-refractivity contribution in [1.29, 1.82) is 0 Å². The molecule has 0 aliphatic carbocycles. The Balaban J connectivity index is 2.33. The van der Waals surface area contributed by atoms with E-state index in [1.54, 1.807) is 0 Å². The van der Waals surface area contributed by atoms with Gasteiger partial charge in [0, 0.05) is 26.2 Å². The molecule has 1 saturated heterocycles. The molecule has 4 nitrogen and oxygen atoms in total. The third kappa shape index (κ3) is 5.39. The highest BCUT2D eigenvalue weighted by Crippen LogP contribution is 2.17. The van der Waals surface area contributed by atoms with E-state index in [-0.39, 0.29) is 0 Å². The van der Waals surface area contributed by atoms with E-state index >= 15 is 0 Å². The van der Waals surface area contributed by atoms with Crippen LogP contribution in [0, 0.1) is 11.8 Å². The average Bonchev–Trinajstić information content (AvgIpc) is 2.26. The van der Waals surface area contributed by atoms with Crippen LogP contribution >= 0.6 is 0 Å². The fourth-order valence-electron chi connectivity index (χ4n) is 2.24. The molecule has 1 heterocycles. The highest BCUT2D eigenvalue weighted by molar-refractivity contribution is 5.78. The molecule has 0 atom stereocenters. The Bertz CT molecular complexity index is 240. The van der Waals surface area contributed by atoms with Crippen molar-refractivity contribution in [2.75, 3.05) is 40.3 Å². The lowest BCUT2D eigenvalue weighted by Crippen LogP contribution is -2.44. The third-order valence-electron chi connectivity index (χ3n) is 3.18. The quantitative estimate of drug-likeness (QED) is 0.594. The Morgan fingerprint density at radius 3 is 2.41 bits per heavy atom. The van der Waals surface area contributed by atoms with Crippen molar-refractivity contribution in [1.82, 2.24) is 9.80 Å². The highest BCUT2D eigenvalue weighted by Gasteiger charge is 2.20. The van der Waals surface area contributed by atoms with Crippen LogP contribution in [0.2, 0.25) is 0 Å². The van der Waals surface area contributed by atoms with Gasteiger partial charge in [-0.3, -0.25) is 4.99 Å². The van der Waals surface area contributed by atoms with Crippen LogP contribution < -0.4 is 5.73 Å². The van der Waals surface area contributed by atoms with Gasteiger partial charge in [0.15, 0.2) is 5.96 Å². The van der Waals surface area contributed by atoms with E-state index in [4.69, 9.17) is 5.73 Å². The van der Waals surface area contributed by atoms with E-state index in [0.29, 0.717) is 5.92 Å². The zero-order valence-corrected chi connectivity index (χ0v) is 11.8. The zero-order chi connectivity index (χ0) is 12.8. The van der Waals surface area contributed by atoms with Crippen molar-refractivity contribution in [2.24, 2.45) is 22.6 Å². The molecule has 0 bridgehead atoms. The summed E-state index contributed by atoms with van der Waals surface area (Å²) in [6.07, 6.45) is 2.46. The number of guanidine groups is 1. The summed E-state index contributed by atoms with van der Waals surface area (Å²) in [6.45, 7) is 8.48. The molecule has 0 saturated carbocycles. The molecule has 1 aliphatic rings. The van der Waals surface area contributed by atoms with Gasteiger partial charge in [-0.1, -0.05) is 13.8 Å². The summed E-state index contributed by atoms with van der Waals surface area (Å²) in [5.41, 5.74) is 6.01. The number of rotatable bonds is 4. The Morgan fingerprint density at radius 2 is 1.94 bits per heavy atom. The second-order valence-corrected chi connectivity index (χ2v) is 5.79. The molecule has 0 unspecified atom stereocenters. The first kappa shape index (κ1) is 14.3. The summed E-state index contributed by atoms with van der Waals surface area (Å²) in [4.78, 5) is 8.95. The van der Waals surface area contributed by atoms with E-state index in [0.717, 1.165) is 31.5 Å². The van der Waals surface area contributed by atoms with Crippen LogP contribution in [0.4, 0.5) is 0 Å². The molecule has 0 aromatic rings. The molecule has 2 N–H and O–H groups in total. The zero-order valence-electron chi connectivity index (χ0n) is 11.8. The number of aliphatic imine (C=N–C) groups is 1. The number of hydrogen-bond donors (Lipinski definition) is 1. The molecule has 0 aromatic heterocycles. The second-order valence-electron chi connectivity index (χ2n) is 5.79. The number of piperidine rings is 1. The van der Waals surface area contributed by atoms with Gasteiger partial charge in [0.05, 0.1) is 0 Å². The molecule has 17 heavy (non-hydrogen) atoms. The van der Waals surface area contributed by atoms with Gasteiger partial charge < -0.3 is 15.5 Å². The summed E-state index contributed by atoms with van der Waals surface area (Å²) < 4.78 is 0. The van der Waals surface area contributed by atoms with Crippen LogP contribution in [0.25, 0.3) is 0 Å². The van der Waals surface area contributed by atoms with E-state index in [1.165, 1.54) is 19.4 Å². The number of likely N-dealkylation sites (tertiary alicyclic amines) is 1. The Labute approximate surface area is 106 Å². The predicted molar refractivity (Wildman–Crippen MR) is 74.2 cm³/mol. The minimum atomic E-state index is 0.583. The van der Waals surface area contributed by atoms with Crippen molar-refractivity contribution in [2.45, 2.75) is 26.7 Å². The minimum Gasteiger partial charge on any atom is -0.370 e. The van der Waals surface area contributed by atoms with Gasteiger partial charge in [0.1, 0.15) is 0 Å². The fourth-order valence-corrected chi connectivity index (χ4v) is 2.24. The molecule has 1 aliphatic heterocycles. The molecule has 0 aromatic carbocycles. The van der Waals surface area contributed by atoms with Crippen LogP contribution in [0.3, 0.4) is 0 Å². The van der Waals surface area contributed by atoms with E-state index in [9.17, 15) is 0 Å². The number of nitrogens with two attached hydrogens (primary N) is 1. The van der Waals surface area contributed by atoms with E-state index in [1.807, 2.05) is 0 Å². The summed E-state index contributed by atoms with van der Waals surface area (Å²) in [6, 6.07) is 0. The molecule has 0 amide bonds. The Morgan fingerprint density at radius 1 is 1.35 bits per heavy atom. The number of hydrogen-bond acceptors (Lipinski definition) is 2.